The molecule has 66 valence electrons. The van der Waals surface area contributed by atoms with Crippen molar-refractivity contribution in [2.24, 2.45) is 0 Å². The van der Waals surface area contributed by atoms with Crippen LogP contribution in [0.4, 0.5) is 0 Å². The Hall–Kier alpha value is -0.990. The number of hydrogen-bond acceptors (Lipinski definition) is 2. The van der Waals surface area contributed by atoms with E-state index in [4.69, 9.17) is 23.2 Å². The minimum Gasteiger partial charge on any atom is -0.507 e. The molecule has 0 saturated carbocycles. The number of ketones is 1. The minimum absolute atomic E-state index is 0.0295. The van der Waals surface area contributed by atoms with E-state index in [1.54, 1.807) is 12.1 Å². The highest BCUT2D eigenvalue weighted by Crippen LogP contribution is 2.40. The highest BCUT2D eigenvalue weighted by Gasteiger charge is 2.29. The molecule has 0 aliphatic heterocycles. The average molecular weight is 215 g/mol. The van der Waals surface area contributed by atoms with Crippen LogP contribution in [0.1, 0.15) is 15.9 Å². The van der Waals surface area contributed by atoms with Crippen LogP contribution in [0.25, 0.3) is 5.03 Å². The van der Waals surface area contributed by atoms with Crippen LogP contribution in [0.5, 0.6) is 5.75 Å². The molecule has 0 aromatic heterocycles. The molecule has 0 heterocycles. The number of allylic oxidation sites excluding steroid dienone is 1. The van der Waals surface area contributed by atoms with Crippen molar-refractivity contribution in [3.05, 3.63) is 34.4 Å². The van der Waals surface area contributed by atoms with Gasteiger partial charge in [0.15, 0.2) is 0 Å². The predicted molar refractivity (Wildman–Crippen MR) is 51.1 cm³/mol. The van der Waals surface area contributed by atoms with Crippen molar-refractivity contribution >= 4 is 34.0 Å². The van der Waals surface area contributed by atoms with Gasteiger partial charge in [-0.2, -0.15) is 0 Å². The first-order chi connectivity index (χ1) is 6.13. The second kappa shape index (κ2) is 2.76. The molecule has 4 heteroatoms. The van der Waals surface area contributed by atoms with Crippen LogP contribution < -0.4 is 0 Å². The third-order valence-corrected chi connectivity index (χ3v) is 2.75. The molecule has 0 saturated heterocycles. The van der Waals surface area contributed by atoms with E-state index in [0.29, 0.717) is 5.56 Å². The monoisotopic (exact) mass is 214 g/mol. The van der Waals surface area contributed by atoms with Crippen molar-refractivity contribution in [3.8, 4) is 5.75 Å². The fourth-order valence-corrected chi connectivity index (χ4v) is 1.73. The molecule has 0 unspecified atom stereocenters. The first kappa shape index (κ1) is 8.60. The minimum atomic E-state index is -0.417. The van der Waals surface area contributed by atoms with Crippen LogP contribution in [0.15, 0.2) is 23.2 Å². The van der Waals surface area contributed by atoms with Crippen LogP contribution in [0.2, 0.25) is 0 Å². The van der Waals surface area contributed by atoms with Crippen molar-refractivity contribution in [2.75, 3.05) is 0 Å². The number of benzene rings is 1. The van der Waals surface area contributed by atoms with Crippen molar-refractivity contribution in [1.29, 1.82) is 0 Å². The van der Waals surface area contributed by atoms with Gasteiger partial charge in [-0.1, -0.05) is 35.3 Å². The molecule has 0 amide bonds. The maximum atomic E-state index is 11.4. The number of Topliss-reactive ketones (excluding diaryl/α,β-unsaturated/α-hetero) is 1. The smallest absolute Gasteiger partial charge is 0.210 e. The third kappa shape index (κ3) is 1.06. The van der Waals surface area contributed by atoms with Gasteiger partial charge in [0.2, 0.25) is 5.78 Å². The largest absolute Gasteiger partial charge is 0.507 e. The summed E-state index contributed by atoms with van der Waals surface area (Å²) in [4.78, 5) is 11.4. The molecule has 0 radical (unpaired) electrons. The summed E-state index contributed by atoms with van der Waals surface area (Å²) in [5.74, 6) is -0.504. The molecule has 2 nitrogen and oxygen atoms in total. The summed E-state index contributed by atoms with van der Waals surface area (Å²) >= 11 is 11.4. The Morgan fingerprint density at radius 3 is 2.46 bits per heavy atom. The zero-order chi connectivity index (χ0) is 9.59. The molecule has 1 aromatic carbocycles. The van der Waals surface area contributed by atoms with Gasteiger partial charge in [0.05, 0.1) is 10.6 Å². The Morgan fingerprint density at radius 2 is 1.85 bits per heavy atom. The first-order valence-corrected chi connectivity index (χ1v) is 4.31. The number of phenolic OH excluding ortho intramolecular Hbond substituents is 1. The molecular formula is C9H4Cl2O2. The quantitative estimate of drug-likeness (QED) is 0.722. The SMILES string of the molecule is O=C1C(Cl)=C(Cl)c2cccc(O)c21. The zero-order valence-corrected chi connectivity index (χ0v) is 7.86. The van der Waals surface area contributed by atoms with Crippen molar-refractivity contribution in [2.45, 2.75) is 0 Å². The molecule has 1 N–H and O–H groups in total. The maximum absolute atomic E-state index is 11.4. The molecule has 1 aliphatic carbocycles. The number of fused-ring (bicyclic) bond motifs is 1. The lowest BCUT2D eigenvalue weighted by molar-refractivity contribution is 0.104. The van der Waals surface area contributed by atoms with Gasteiger partial charge in [-0.3, -0.25) is 4.79 Å². The first-order valence-electron chi connectivity index (χ1n) is 3.55. The average Bonchev–Trinajstić information content (AvgIpc) is 2.33. The number of carbonyl (C=O) groups is 1. The van der Waals surface area contributed by atoms with Gasteiger partial charge in [0.25, 0.3) is 0 Å². The van der Waals surface area contributed by atoms with E-state index in [0.717, 1.165) is 0 Å². The second-order valence-corrected chi connectivity index (χ2v) is 3.41. The molecule has 1 aromatic rings. The maximum Gasteiger partial charge on any atom is 0.210 e. The summed E-state index contributed by atoms with van der Waals surface area (Å²) in [5.41, 5.74) is 0.689. The Balaban J connectivity index is 2.78. The van der Waals surface area contributed by atoms with Crippen molar-refractivity contribution in [1.82, 2.24) is 0 Å². The molecule has 2 rings (SSSR count). The summed E-state index contributed by atoms with van der Waals surface area (Å²) in [7, 11) is 0. The number of aromatic hydroxyl groups is 1. The van der Waals surface area contributed by atoms with Crippen LogP contribution in [0.3, 0.4) is 0 Å². The number of carbonyl (C=O) groups excluding carboxylic acids is 1. The highest BCUT2D eigenvalue weighted by atomic mass is 35.5. The Bertz CT molecular complexity index is 435. The lowest BCUT2D eigenvalue weighted by Gasteiger charge is -1.99. The Labute approximate surface area is 84.4 Å². The number of phenols is 1. The Kier molecular flexibility index (Phi) is 1.82. The van der Waals surface area contributed by atoms with Gasteiger partial charge in [-0.05, 0) is 6.07 Å². The summed E-state index contributed by atoms with van der Waals surface area (Å²) < 4.78 is 0. The Morgan fingerprint density at radius 1 is 1.15 bits per heavy atom. The summed E-state index contributed by atoms with van der Waals surface area (Å²) in [6.07, 6.45) is 0. The molecule has 0 atom stereocenters. The molecule has 0 spiro atoms. The summed E-state index contributed by atoms with van der Waals surface area (Å²) in [6.45, 7) is 0. The van der Waals surface area contributed by atoms with Crippen LogP contribution in [0, 0.1) is 0 Å². The van der Waals surface area contributed by atoms with Gasteiger partial charge in [-0.25, -0.2) is 0 Å². The van der Waals surface area contributed by atoms with Gasteiger partial charge in [0.1, 0.15) is 10.8 Å². The van der Waals surface area contributed by atoms with E-state index in [1.807, 2.05) is 0 Å². The van der Waals surface area contributed by atoms with Gasteiger partial charge in [-0.15, -0.1) is 0 Å². The van der Waals surface area contributed by atoms with E-state index in [2.05, 4.69) is 0 Å². The van der Waals surface area contributed by atoms with Gasteiger partial charge in [0, 0.05) is 5.56 Å². The summed E-state index contributed by atoms with van der Waals surface area (Å²) in [5, 5.41) is 9.55. The van der Waals surface area contributed by atoms with Crippen LogP contribution >= 0.6 is 23.2 Å². The van der Waals surface area contributed by atoms with Crippen LogP contribution in [-0.4, -0.2) is 10.9 Å². The second-order valence-electron chi connectivity index (χ2n) is 2.66. The number of rotatable bonds is 0. The van der Waals surface area contributed by atoms with Gasteiger partial charge >= 0.3 is 0 Å². The van der Waals surface area contributed by atoms with Gasteiger partial charge < -0.3 is 5.11 Å². The molecule has 1 aliphatic rings. The standard InChI is InChI=1S/C9H4Cl2O2/c10-7-4-2-1-3-5(12)6(4)9(13)8(7)11/h1-3,12H. The van der Waals surface area contributed by atoms with E-state index >= 15 is 0 Å². The number of halogens is 2. The summed E-state index contributed by atoms with van der Waals surface area (Å²) in [6, 6.07) is 4.68. The van der Waals surface area contributed by atoms with E-state index in [9.17, 15) is 9.90 Å². The molecule has 13 heavy (non-hydrogen) atoms. The fourth-order valence-electron chi connectivity index (χ4n) is 1.29. The normalized spacial score (nSPS) is 15.1. The van der Waals surface area contributed by atoms with Crippen LogP contribution in [-0.2, 0) is 0 Å². The highest BCUT2D eigenvalue weighted by molar-refractivity contribution is 6.64. The molecule has 0 bridgehead atoms. The zero-order valence-electron chi connectivity index (χ0n) is 6.34. The molecular weight excluding hydrogens is 211 g/mol. The number of hydrogen-bond donors (Lipinski definition) is 1. The van der Waals surface area contributed by atoms with E-state index in [1.165, 1.54) is 6.07 Å². The van der Waals surface area contributed by atoms with Crippen molar-refractivity contribution < 1.29 is 9.90 Å². The third-order valence-electron chi connectivity index (χ3n) is 1.90. The molecule has 0 fully saturated rings. The fraction of sp³-hybridized carbons (Fsp3) is 0. The lowest BCUT2D eigenvalue weighted by Crippen LogP contribution is -1.94. The van der Waals surface area contributed by atoms with E-state index in [-0.39, 0.29) is 21.4 Å². The predicted octanol–water partition coefficient (Wildman–Crippen LogP) is 2.73. The van der Waals surface area contributed by atoms with Crippen molar-refractivity contribution in [3.63, 3.8) is 0 Å². The topological polar surface area (TPSA) is 37.3 Å². The van der Waals surface area contributed by atoms with E-state index < -0.39 is 5.78 Å². The lowest BCUT2D eigenvalue weighted by atomic mass is 10.1.